The highest BCUT2D eigenvalue weighted by molar-refractivity contribution is 5.75. The number of carbonyl (C=O) groups is 2. The van der Waals surface area contributed by atoms with Gasteiger partial charge in [0.1, 0.15) is 0 Å². The molecule has 0 N–H and O–H groups in total. The molecule has 0 saturated carbocycles. The van der Waals surface area contributed by atoms with Gasteiger partial charge in [-0.1, -0.05) is 6.07 Å². The third-order valence-corrected chi connectivity index (χ3v) is 2.42. The van der Waals surface area contributed by atoms with Crippen molar-refractivity contribution < 1.29 is 19.1 Å². The van der Waals surface area contributed by atoms with E-state index in [1.54, 1.807) is 6.92 Å². The fourth-order valence-electron chi connectivity index (χ4n) is 1.56. The minimum Gasteiger partial charge on any atom is -0.422 e. The first-order valence-corrected chi connectivity index (χ1v) is 5.30. The van der Waals surface area contributed by atoms with Crippen LogP contribution < -0.4 is 9.47 Å². The Morgan fingerprint density at radius 3 is 1.82 bits per heavy atom. The van der Waals surface area contributed by atoms with Gasteiger partial charge in [0.15, 0.2) is 11.5 Å². The van der Waals surface area contributed by atoms with Crippen molar-refractivity contribution in [2.24, 2.45) is 0 Å². The summed E-state index contributed by atoms with van der Waals surface area (Å²) in [4.78, 5) is 22.1. The normalized spacial score (nSPS) is 9.94. The van der Waals surface area contributed by atoms with Gasteiger partial charge in [0.25, 0.3) is 0 Å². The van der Waals surface area contributed by atoms with E-state index < -0.39 is 11.9 Å². The third kappa shape index (κ3) is 3.06. The molecular weight excluding hydrogens is 220 g/mol. The molecule has 4 heteroatoms. The molecular formula is C13H16O4. The number of carbonyl (C=O) groups excluding carboxylic acids is 2. The molecule has 0 unspecified atom stereocenters. The van der Waals surface area contributed by atoms with Crippen LogP contribution in [0, 0.1) is 20.8 Å². The van der Waals surface area contributed by atoms with Crippen LogP contribution in [0.25, 0.3) is 0 Å². The summed E-state index contributed by atoms with van der Waals surface area (Å²) in [5.41, 5.74) is 2.54. The molecule has 1 aromatic rings. The lowest BCUT2D eigenvalue weighted by atomic mass is 10.0. The molecule has 0 spiro atoms. The lowest BCUT2D eigenvalue weighted by molar-refractivity contribution is -0.134. The van der Waals surface area contributed by atoms with Gasteiger partial charge in [-0.25, -0.2) is 0 Å². The molecule has 0 saturated heterocycles. The maximum Gasteiger partial charge on any atom is 0.308 e. The summed E-state index contributed by atoms with van der Waals surface area (Å²) in [7, 11) is 0. The minimum atomic E-state index is -0.440. The second-order valence-electron chi connectivity index (χ2n) is 3.98. The molecule has 0 radical (unpaired) electrons. The van der Waals surface area contributed by atoms with Gasteiger partial charge in [0.05, 0.1) is 0 Å². The maximum atomic E-state index is 11.1. The van der Waals surface area contributed by atoms with Gasteiger partial charge in [-0.3, -0.25) is 9.59 Å². The molecule has 0 aromatic heterocycles. The molecule has 0 amide bonds. The third-order valence-electron chi connectivity index (χ3n) is 2.42. The first kappa shape index (κ1) is 13.2. The Kier molecular flexibility index (Phi) is 3.89. The Bertz CT molecular complexity index is 475. The Hall–Kier alpha value is -1.84. The highest BCUT2D eigenvalue weighted by Gasteiger charge is 2.17. The predicted octanol–water partition coefficient (Wildman–Crippen LogP) is 2.46. The monoisotopic (exact) mass is 236 g/mol. The van der Waals surface area contributed by atoms with Crippen molar-refractivity contribution in [1.82, 2.24) is 0 Å². The molecule has 0 aliphatic heterocycles. The van der Waals surface area contributed by atoms with E-state index in [0.29, 0.717) is 11.5 Å². The first-order valence-electron chi connectivity index (χ1n) is 5.30. The van der Waals surface area contributed by atoms with E-state index in [9.17, 15) is 9.59 Å². The van der Waals surface area contributed by atoms with Gasteiger partial charge in [-0.05, 0) is 37.5 Å². The van der Waals surface area contributed by atoms with Crippen LogP contribution in [0.4, 0.5) is 0 Å². The molecule has 1 rings (SSSR count). The number of benzene rings is 1. The fourth-order valence-corrected chi connectivity index (χ4v) is 1.56. The Labute approximate surface area is 101 Å². The van der Waals surface area contributed by atoms with Crippen LogP contribution in [-0.4, -0.2) is 11.9 Å². The second-order valence-corrected chi connectivity index (χ2v) is 3.98. The number of aryl methyl sites for hydroxylation is 2. The highest BCUT2D eigenvalue weighted by Crippen LogP contribution is 2.36. The smallest absolute Gasteiger partial charge is 0.308 e. The second kappa shape index (κ2) is 4.99. The van der Waals surface area contributed by atoms with Crippen molar-refractivity contribution in [3.05, 3.63) is 22.8 Å². The molecule has 0 atom stereocenters. The zero-order valence-corrected chi connectivity index (χ0v) is 10.7. The summed E-state index contributed by atoms with van der Waals surface area (Å²) in [6.07, 6.45) is 0. The van der Waals surface area contributed by atoms with Crippen LogP contribution in [0.3, 0.4) is 0 Å². The van der Waals surface area contributed by atoms with E-state index in [2.05, 4.69) is 0 Å². The first-order chi connectivity index (χ1) is 7.82. The lowest BCUT2D eigenvalue weighted by Gasteiger charge is -2.15. The molecule has 0 fully saturated rings. The minimum absolute atomic E-state index is 0.316. The van der Waals surface area contributed by atoms with E-state index in [1.165, 1.54) is 13.8 Å². The zero-order valence-electron chi connectivity index (χ0n) is 10.7. The average Bonchev–Trinajstić information content (AvgIpc) is 2.19. The zero-order chi connectivity index (χ0) is 13.2. The number of hydrogen-bond donors (Lipinski definition) is 0. The Balaban J connectivity index is 3.38. The largest absolute Gasteiger partial charge is 0.422 e. The van der Waals surface area contributed by atoms with Crippen LogP contribution in [0.5, 0.6) is 11.5 Å². The standard InChI is InChI=1S/C13H16O4/c1-7-6-8(2)12(16-10(4)14)13(9(7)3)17-11(5)15/h6H,1-5H3. The molecule has 4 nitrogen and oxygen atoms in total. The van der Waals surface area contributed by atoms with E-state index >= 15 is 0 Å². The van der Waals surface area contributed by atoms with E-state index in [4.69, 9.17) is 9.47 Å². The highest BCUT2D eigenvalue weighted by atomic mass is 16.6. The van der Waals surface area contributed by atoms with Crippen molar-refractivity contribution in [1.29, 1.82) is 0 Å². The lowest BCUT2D eigenvalue weighted by Crippen LogP contribution is -2.10. The van der Waals surface area contributed by atoms with Crippen LogP contribution in [0.15, 0.2) is 6.07 Å². The molecule has 1 aromatic carbocycles. The van der Waals surface area contributed by atoms with Gasteiger partial charge < -0.3 is 9.47 Å². The van der Waals surface area contributed by atoms with Crippen LogP contribution >= 0.6 is 0 Å². The van der Waals surface area contributed by atoms with Crippen LogP contribution in [-0.2, 0) is 9.59 Å². The Morgan fingerprint density at radius 2 is 1.35 bits per heavy atom. The maximum absolute atomic E-state index is 11.1. The van der Waals surface area contributed by atoms with Crippen molar-refractivity contribution >= 4 is 11.9 Å². The predicted molar refractivity (Wildman–Crippen MR) is 63.3 cm³/mol. The number of rotatable bonds is 2. The summed E-state index contributed by atoms with van der Waals surface area (Å²) in [5, 5.41) is 0. The van der Waals surface area contributed by atoms with Crippen molar-refractivity contribution in [3.63, 3.8) is 0 Å². The molecule has 0 bridgehead atoms. The van der Waals surface area contributed by atoms with Crippen molar-refractivity contribution in [3.8, 4) is 11.5 Å². The molecule has 17 heavy (non-hydrogen) atoms. The Morgan fingerprint density at radius 1 is 0.882 bits per heavy atom. The molecule has 92 valence electrons. The van der Waals surface area contributed by atoms with Crippen molar-refractivity contribution in [2.75, 3.05) is 0 Å². The number of esters is 2. The number of hydrogen-bond acceptors (Lipinski definition) is 4. The van der Waals surface area contributed by atoms with Gasteiger partial charge >= 0.3 is 11.9 Å². The topological polar surface area (TPSA) is 52.6 Å². The van der Waals surface area contributed by atoms with Gasteiger partial charge in [-0.2, -0.15) is 0 Å². The SMILES string of the molecule is CC(=O)Oc1c(C)cc(C)c(C)c1OC(C)=O. The van der Waals surface area contributed by atoms with Gasteiger partial charge in [-0.15, -0.1) is 0 Å². The summed E-state index contributed by atoms with van der Waals surface area (Å²) in [6.45, 7) is 8.16. The van der Waals surface area contributed by atoms with E-state index in [1.807, 2.05) is 19.9 Å². The van der Waals surface area contributed by atoms with Crippen LogP contribution in [0.2, 0.25) is 0 Å². The van der Waals surface area contributed by atoms with Gasteiger partial charge in [0.2, 0.25) is 0 Å². The summed E-state index contributed by atoms with van der Waals surface area (Å²) in [6, 6.07) is 1.89. The van der Waals surface area contributed by atoms with Crippen LogP contribution in [0.1, 0.15) is 30.5 Å². The van der Waals surface area contributed by atoms with Crippen molar-refractivity contribution in [2.45, 2.75) is 34.6 Å². The average molecular weight is 236 g/mol. The molecule has 0 aliphatic rings. The summed E-state index contributed by atoms with van der Waals surface area (Å²) in [5.74, 6) is -0.239. The fraction of sp³-hybridized carbons (Fsp3) is 0.385. The summed E-state index contributed by atoms with van der Waals surface area (Å²) < 4.78 is 10.2. The van der Waals surface area contributed by atoms with E-state index in [-0.39, 0.29) is 0 Å². The molecule has 0 heterocycles. The van der Waals surface area contributed by atoms with Gasteiger partial charge in [0, 0.05) is 13.8 Å². The van der Waals surface area contributed by atoms with E-state index in [0.717, 1.165) is 16.7 Å². The number of ether oxygens (including phenoxy) is 2. The summed E-state index contributed by atoms with van der Waals surface area (Å²) >= 11 is 0. The quantitative estimate of drug-likeness (QED) is 0.584. The molecule has 0 aliphatic carbocycles.